The fourth-order valence-electron chi connectivity index (χ4n) is 1.47. The van der Waals surface area contributed by atoms with E-state index in [-0.39, 0.29) is 0 Å². The van der Waals surface area contributed by atoms with Crippen molar-refractivity contribution in [3.8, 4) is 6.07 Å². The number of hydrogen-bond donors (Lipinski definition) is 1. The first-order valence-electron chi connectivity index (χ1n) is 3.05. The number of nitrogens with zero attached hydrogens (tertiary/aromatic N) is 1. The zero-order valence-corrected chi connectivity index (χ0v) is 4.59. The third-order valence-electron chi connectivity index (χ3n) is 2.12. The Morgan fingerprint density at radius 1 is 1.62 bits per heavy atom. The molecule has 3 atom stereocenters. The molecule has 2 fully saturated rings. The molecule has 2 aliphatic rings. The molecule has 8 heavy (non-hydrogen) atoms. The van der Waals surface area contributed by atoms with Gasteiger partial charge in [-0.05, 0) is 12.3 Å². The van der Waals surface area contributed by atoms with Crippen molar-refractivity contribution < 1.29 is 0 Å². The fourth-order valence-corrected chi connectivity index (χ4v) is 1.47. The highest BCUT2D eigenvalue weighted by Gasteiger charge is 2.48. The van der Waals surface area contributed by atoms with Crippen LogP contribution in [0, 0.1) is 23.2 Å². The highest BCUT2D eigenvalue weighted by molar-refractivity contribution is 5.10. The monoisotopic (exact) mass is 108 g/mol. The van der Waals surface area contributed by atoms with E-state index in [1.807, 2.05) is 0 Å². The zero-order valence-electron chi connectivity index (χ0n) is 4.59. The second-order valence-electron chi connectivity index (χ2n) is 2.65. The predicted molar refractivity (Wildman–Crippen MR) is 29.0 cm³/mol. The average Bonchev–Trinajstić information content (AvgIpc) is 2.46. The number of nitriles is 1. The SMILES string of the molecule is N#C[C@@H]1CN[C@H]2C[C@@H]12. The molecular formula is C6H8N2. The Hall–Kier alpha value is -0.550. The lowest BCUT2D eigenvalue weighted by molar-refractivity contribution is 0.626. The van der Waals surface area contributed by atoms with Crippen molar-refractivity contribution in [2.75, 3.05) is 6.54 Å². The average molecular weight is 108 g/mol. The van der Waals surface area contributed by atoms with E-state index in [2.05, 4.69) is 11.4 Å². The van der Waals surface area contributed by atoms with E-state index in [1.54, 1.807) is 0 Å². The van der Waals surface area contributed by atoms with Crippen LogP contribution < -0.4 is 5.32 Å². The van der Waals surface area contributed by atoms with Gasteiger partial charge in [0.2, 0.25) is 0 Å². The number of hydrogen-bond acceptors (Lipinski definition) is 2. The Bertz CT molecular complexity index is 147. The highest BCUT2D eigenvalue weighted by Crippen LogP contribution is 2.41. The summed E-state index contributed by atoms with van der Waals surface area (Å²) in [4.78, 5) is 0. The van der Waals surface area contributed by atoms with Crippen LogP contribution in [0.2, 0.25) is 0 Å². The standard InChI is InChI=1S/C6H8N2/c7-2-4-3-8-6-1-5(4)6/h4-6,8H,1,3H2/t4-,5+,6+/m1/s1. The van der Waals surface area contributed by atoms with Crippen molar-refractivity contribution in [1.82, 2.24) is 5.32 Å². The van der Waals surface area contributed by atoms with Gasteiger partial charge in [-0.25, -0.2) is 0 Å². The zero-order chi connectivity index (χ0) is 5.56. The Kier molecular flexibility index (Phi) is 0.671. The second-order valence-corrected chi connectivity index (χ2v) is 2.65. The summed E-state index contributed by atoms with van der Waals surface area (Å²) < 4.78 is 0. The molecule has 0 amide bonds. The summed E-state index contributed by atoms with van der Waals surface area (Å²) in [5, 5.41) is 11.7. The van der Waals surface area contributed by atoms with Crippen LogP contribution >= 0.6 is 0 Å². The van der Waals surface area contributed by atoms with Gasteiger partial charge < -0.3 is 5.32 Å². The first-order chi connectivity index (χ1) is 3.92. The lowest BCUT2D eigenvalue weighted by atomic mass is 10.1. The number of fused-ring (bicyclic) bond motifs is 1. The van der Waals surface area contributed by atoms with Gasteiger partial charge in [0.15, 0.2) is 0 Å². The van der Waals surface area contributed by atoms with E-state index < -0.39 is 0 Å². The van der Waals surface area contributed by atoms with Crippen molar-refractivity contribution in [2.45, 2.75) is 12.5 Å². The molecule has 0 aromatic heterocycles. The van der Waals surface area contributed by atoms with Gasteiger partial charge in [-0.1, -0.05) is 0 Å². The van der Waals surface area contributed by atoms with Crippen molar-refractivity contribution in [3.63, 3.8) is 0 Å². The molecule has 0 aromatic rings. The summed E-state index contributed by atoms with van der Waals surface area (Å²) in [5.41, 5.74) is 0. The van der Waals surface area contributed by atoms with Gasteiger partial charge >= 0.3 is 0 Å². The summed E-state index contributed by atoms with van der Waals surface area (Å²) in [7, 11) is 0. The van der Waals surface area contributed by atoms with Crippen LogP contribution in [-0.2, 0) is 0 Å². The van der Waals surface area contributed by atoms with E-state index in [0.717, 1.165) is 18.5 Å². The number of nitrogens with one attached hydrogen (secondary N) is 1. The molecule has 42 valence electrons. The lowest BCUT2D eigenvalue weighted by Gasteiger charge is -1.95. The highest BCUT2D eigenvalue weighted by atomic mass is 15.0. The molecule has 2 heteroatoms. The molecule has 1 saturated carbocycles. The molecule has 1 saturated heterocycles. The predicted octanol–water partition coefficient (Wildman–Crippen LogP) is 0.118. The summed E-state index contributed by atoms with van der Waals surface area (Å²) in [6, 6.07) is 3.01. The van der Waals surface area contributed by atoms with Crippen LogP contribution in [0.1, 0.15) is 6.42 Å². The fraction of sp³-hybridized carbons (Fsp3) is 0.833. The third-order valence-corrected chi connectivity index (χ3v) is 2.12. The van der Waals surface area contributed by atoms with Crippen LogP contribution in [0.5, 0.6) is 0 Å². The van der Waals surface area contributed by atoms with Crippen molar-refractivity contribution in [1.29, 1.82) is 5.26 Å². The molecule has 1 N–H and O–H groups in total. The number of rotatable bonds is 0. The van der Waals surface area contributed by atoms with Crippen LogP contribution in [0.3, 0.4) is 0 Å². The van der Waals surface area contributed by atoms with Gasteiger partial charge in [0.25, 0.3) is 0 Å². The molecule has 0 spiro atoms. The molecule has 0 unspecified atom stereocenters. The first kappa shape index (κ1) is 4.34. The molecule has 0 bridgehead atoms. The lowest BCUT2D eigenvalue weighted by Crippen LogP contribution is -2.14. The van der Waals surface area contributed by atoms with E-state index in [4.69, 9.17) is 5.26 Å². The van der Waals surface area contributed by atoms with Gasteiger partial charge in [-0.15, -0.1) is 0 Å². The summed E-state index contributed by atoms with van der Waals surface area (Å²) in [6.07, 6.45) is 1.25. The molecule has 0 radical (unpaired) electrons. The van der Waals surface area contributed by atoms with E-state index in [9.17, 15) is 0 Å². The molecule has 0 aromatic carbocycles. The van der Waals surface area contributed by atoms with E-state index >= 15 is 0 Å². The molecule has 1 heterocycles. The minimum absolute atomic E-state index is 0.333. The molecule has 2 nitrogen and oxygen atoms in total. The van der Waals surface area contributed by atoms with Crippen LogP contribution in [-0.4, -0.2) is 12.6 Å². The topological polar surface area (TPSA) is 35.8 Å². The maximum atomic E-state index is 8.47. The van der Waals surface area contributed by atoms with Gasteiger partial charge in [0.1, 0.15) is 0 Å². The maximum absolute atomic E-state index is 8.47. The molecule has 1 aliphatic carbocycles. The van der Waals surface area contributed by atoms with E-state index in [1.165, 1.54) is 6.42 Å². The molecular weight excluding hydrogens is 100 g/mol. The van der Waals surface area contributed by atoms with Gasteiger partial charge in [-0.2, -0.15) is 5.26 Å². The Labute approximate surface area is 48.5 Å². The third kappa shape index (κ3) is 0.399. The van der Waals surface area contributed by atoms with Crippen LogP contribution in [0.25, 0.3) is 0 Å². The minimum Gasteiger partial charge on any atom is -0.312 e. The van der Waals surface area contributed by atoms with Gasteiger partial charge in [0, 0.05) is 12.6 Å². The van der Waals surface area contributed by atoms with Crippen molar-refractivity contribution >= 4 is 0 Å². The first-order valence-corrected chi connectivity index (χ1v) is 3.05. The number of piperidine rings is 1. The molecule has 1 aliphatic heterocycles. The van der Waals surface area contributed by atoms with Crippen LogP contribution in [0.4, 0.5) is 0 Å². The van der Waals surface area contributed by atoms with Crippen molar-refractivity contribution in [2.24, 2.45) is 11.8 Å². The quantitative estimate of drug-likeness (QED) is 0.478. The Morgan fingerprint density at radius 2 is 2.50 bits per heavy atom. The molecule has 2 rings (SSSR count). The van der Waals surface area contributed by atoms with Crippen LogP contribution in [0.15, 0.2) is 0 Å². The minimum atomic E-state index is 0.333. The summed E-state index contributed by atoms with van der Waals surface area (Å²) in [5.74, 6) is 1.06. The summed E-state index contributed by atoms with van der Waals surface area (Å²) in [6.45, 7) is 0.936. The summed E-state index contributed by atoms with van der Waals surface area (Å²) >= 11 is 0. The van der Waals surface area contributed by atoms with Gasteiger partial charge in [-0.3, -0.25) is 0 Å². The Balaban J connectivity index is 2.09. The second kappa shape index (κ2) is 1.24. The van der Waals surface area contributed by atoms with Gasteiger partial charge in [0.05, 0.1) is 12.0 Å². The normalized spacial score (nSPS) is 50.1. The van der Waals surface area contributed by atoms with Crippen molar-refractivity contribution in [3.05, 3.63) is 0 Å². The maximum Gasteiger partial charge on any atom is 0.0672 e. The smallest absolute Gasteiger partial charge is 0.0672 e. The largest absolute Gasteiger partial charge is 0.312 e. The van der Waals surface area contributed by atoms with E-state index in [0.29, 0.717) is 5.92 Å². The Morgan fingerprint density at radius 3 is 2.75 bits per heavy atom.